The van der Waals surface area contributed by atoms with Gasteiger partial charge >= 0.3 is 84.0 Å². The third-order valence-corrected chi connectivity index (χ3v) is 3.32. The fraction of sp³-hybridized carbons (Fsp3) is 0.250. The number of benzene rings is 1. The Kier molecular flexibility index (Phi) is 3.40. The number of alkyl halides is 4. The molecule has 0 unspecified atom stereocenters. The molecule has 0 aliphatic rings. The number of hydrogen-bond donors (Lipinski definition) is 0. The standard InChI is InChI=1S/C8H7F3IO/c1-12-6-4-2-3-5-7(6)13-8(9,10)11/h2-5H,1H3/q-1. The Bertz CT molecular complexity index is 285. The molecule has 0 aromatic heterocycles. The first kappa shape index (κ1) is 10.6. The van der Waals surface area contributed by atoms with Crippen molar-refractivity contribution < 1.29 is 39.1 Å². The van der Waals surface area contributed by atoms with Crippen LogP contribution in [0.3, 0.4) is 0 Å². The van der Waals surface area contributed by atoms with Gasteiger partial charge in [-0.15, -0.1) is 0 Å². The molecule has 1 aromatic carbocycles. The van der Waals surface area contributed by atoms with Gasteiger partial charge in [-0.3, -0.25) is 0 Å². The summed E-state index contributed by atoms with van der Waals surface area (Å²) in [4.78, 5) is 1.89. The first-order chi connectivity index (χ1) is 6.03. The molecule has 0 radical (unpaired) electrons. The van der Waals surface area contributed by atoms with Crippen LogP contribution in [0.2, 0.25) is 0 Å². The van der Waals surface area contributed by atoms with Crippen molar-refractivity contribution in [3.05, 3.63) is 27.8 Å². The summed E-state index contributed by atoms with van der Waals surface area (Å²) < 4.78 is 40.1. The second kappa shape index (κ2) is 4.17. The molecule has 0 saturated carbocycles. The van der Waals surface area contributed by atoms with Crippen LogP contribution in [0, 0.1) is 3.57 Å². The molecule has 1 aromatic rings. The molecular formula is C8H7F3IO-. The molecule has 0 fully saturated rings. The topological polar surface area (TPSA) is 9.23 Å². The van der Waals surface area contributed by atoms with Gasteiger partial charge in [0.2, 0.25) is 0 Å². The molecule has 1 nitrogen and oxygen atoms in total. The Hall–Kier alpha value is -0.460. The quantitative estimate of drug-likeness (QED) is 0.527. The number of rotatable bonds is 2. The summed E-state index contributed by atoms with van der Waals surface area (Å²) >= 11 is -0.392. The molecule has 13 heavy (non-hydrogen) atoms. The Morgan fingerprint density at radius 2 is 1.85 bits per heavy atom. The van der Waals surface area contributed by atoms with Gasteiger partial charge in [-0.2, -0.15) is 0 Å². The molecule has 0 aliphatic carbocycles. The maximum absolute atomic E-state index is 11.8. The predicted molar refractivity (Wildman–Crippen MR) is 37.7 cm³/mol. The Morgan fingerprint density at radius 1 is 1.23 bits per heavy atom. The zero-order chi connectivity index (χ0) is 9.90. The van der Waals surface area contributed by atoms with Gasteiger partial charge in [0.1, 0.15) is 0 Å². The van der Waals surface area contributed by atoms with E-state index < -0.39 is 27.6 Å². The molecule has 0 atom stereocenters. The first-order valence-corrected chi connectivity index (χ1v) is 6.61. The summed E-state index contributed by atoms with van der Waals surface area (Å²) in [5.41, 5.74) is 0. The van der Waals surface area contributed by atoms with E-state index in [4.69, 9.17) is 0 Å². The van der Waals surface area contributed by atoms with Gasteiger partial charge in [0.15, 0.2) is 0 Å². The SMILES string of the molecule is C[I-]c1ccccc1OC(F)(F)F. The van der Waals surface area contributed by atoms with Crippen LogP contribution >= 0.6 is 0 Å². The molecule has 74 valence electrons. The Labute approximate surface area is 84.2 Å². The number of hydrogen-bond acceptors (Lipinski definition) is 1. The summed E-state index contributed by atoms with van der Waals surface area (Å²) in [6.07, 6.45) is -4.59. The monoisotopic (exact) mass is 303 g/mol. The molecule has 0 amide bonds. The zero-order valence-corrected chi connectivity index (χ0v) is 8.89. The maximum atomic E-state index is 11.8. The molecule has 0 heterocycles. The molecule has 0 bridgehead atoms. The van der Waals surface area contributed by atoms with Crippen molar-refractivity contribution in [2.75, 3.05) is 4.93 Å². The van der Waals surface area contributed by atoms with Crippen molar-refractivity contribution >= 4 is 0 Å². The van der Waals surface area contributed by atoms with Gasteiger partial charge in [0.05, 0.1) is 0 Å². The third kappa shape index (κ3) is 3.41. The van der Waals surface area contributed by atoms with E-state index in [1.807, 2.05) is 4.93 Å². The van der Waals surface area contributed by atoms with E-state index in [2.05, 4.69) is 4.74 Å². The summed E-state index contributed by atoms with van der Waals surface area (Å²) in [6, 6.07) is 6.24. The Balaban J connectivity index is 2.87. The van der Waals surface area contributed by atoms with Crippen molar-refractivity contribution in [3.63, 3.8) is 0 Å². The molecular weight excluding hydrogens is 296 g/mol. The van der Waals surface area contributed by atoms with Crippen molar-refractivity contribution in [1.82, 2.24) is 0 Å². The van der Waals surface area contributed by atoms with E-state index in [-0.39, 0.29) is 5.75 Å². The second-order valence-corrected chi connectivity index (χ2v) is 4.41. The van der Waals surface area contributed by atoms with Gasteiger partial charge in [-0.1, -0.05) is 0 Å². The Morgan fingerprint density at radius 3 is 2.38 bits per heavy atom. The molecule has 0 saturated heterocycles. The van der Waals surface area contributed by atoms with E-state index in [1.54, 1.807) is 12.1 Å². The van der Waals surface area contributed by atoms with Crippen LogP contribution in [0.1, 0.15) is 0 Å². The van der Waals surface area contributed by atoms with Crippen LogP contribution in [-0.2, 0) is 0 Å². The zero-order valence-electron chi connectivity index (χ0n) is 6.73. The minimum absolute atomic E-state index is 0.0645. The minimum atomic E-state index is -4.59. The van der Waals surface area contributed by atoms with Crippen molar-refractivity contribution in [3.8, 4) is 5.75 Å². The van der Waals surface area contributed by atoms with E-state index in [9.17, 15) is 13.2 Å². The average Bonchev–Trinajstić information content (AvgIpc) is 2.02. The summed E-state index contributed by atoms with van der Waals surface area (Å²) in [7, 11) is 0. The van der Waals surface area contributed by atoms with Crippen LogP contribution in [0.15, 0.2) is 24.3 Å². The summed E-state index contributed by atoms with van der Waals surface area (Å²) in [5.74, 6) is -0.0645. The summed E-state index contributed by atoms with van der Waals surface area (Å²) in [6.45, 7) is 0. The van der Waals surface area contributed by atoms with E-state index in [1.165, 1.54) is 12.1 Å². The van der Waals surface area contributed by atoms with E-state index in [0.29, 0.717) is 3.57 Å². The van der Waals surface area contributed by atoms with Gasteiger partial charge in [0, 0.05) is 0 Å². The fourth-order valence-electron chi connectivity index (χ4n) is 0.808. The number of para-hydroxylation sites is 1. The van der Waals surface area contributed by atoms with Crippen LogP contribution < -0.4 is 25.9 Å². The van der Waals surface area contributed by atoms with Crippen LogP contribution in [0.5, 0.6) is 5.75 Å². The van der Waals surface area contributed by atoms with Crippen molar-refractivity contribution in [2.45, 2.75) is 6.36 Å². The molecule has 0 N–H and O–H groups in total. The molecule has 1 rings (SSSR count). The second-order valence-electron chi connectivity index (χ2n) is 2.17. The molecule has 0 spiro atoms. The first-order valence-electron chi connectivity index (χ1n) is 3.37. The average molecular weight is 303 g/mol. The van der Waals surface area contributed by atoms with Gasteiger partial charge < -0.3 is 0 Å². The van der Waals surface area contributed by atoms with Gasteiger partial charge in [0.25, 0.3) is 0 Å². The van der Waals surface area contributed by atoms with Crippen LogP contribution in [0.4, 0.5) is 13.2 Å². The van der Waals surface area contributed by atoms with Crippen molar-refractivity contribution in [1.29, 1.82) is 0 Å². The van der Waals surface area contributed by atoms with Gasteiger partial charge in [-0.05, 0) is 0 Å². The predicted octanol–water partition coefficient (Wildman–Crippen LogP) is -0.526. The number of ether oxygens (including phenoxy) is 1. The molecule has 0 aliphatic heterocycles. The van der Waals surface area contributed by atoms with Gasteiger partial charge in [-0.25, -0.2) is 0 Å². The third-order valence-electron chi connectivity index (χ3n) is 1.27. The van der Waals surface area contributed by atoms with Crippen molar-refractivity contribution in [2.24, 2.45) is 0 Å². The summed E-state index contributed by atoms with van der Waals surface area (Å²) in [5, 5.41) is 0. The molecule has 5 heteroatoms. The fourth-order valence-corrected chi connectivity index (χ4v) is 2.20. The normalized spacial score (nSPS) is 11.7. The van der Waals surface area contributed by atoms with Crippen LogP contribution in [-0.4, -0.2) is 11.3 Å². The van der Waals surface area contributed by atoms with E-state index >= 15 is 0 Å². The van der Waals surface area contributed by atoms with Crippen LogP contribution in [0.25, 0.3) is 0 Å². The number of halogens is 4. The van der Waals surface area contributed by atoms with E-state index in [0.717, 1.165) is 0 Å².